The van der Waals surface area contributed by atoms with Gasteiger partial charge in [-0.3, -0.25) is 4.72 Å². The van der Waals surface area contributed by atoms with E-state index in [4.69, 9.17) is 4.74 Å². The first-order valence-corrected chi connectivity index (χ1v) is 7.97. The van der Waals surface area contributed by atoms with E-state index in [1.807, 2.05) is 0 Å². The van der Waals surface area contributed by atoms with Crippen molar-refractivity contribution in [2.45, 2.75) is 39.0 Å². The third kappa shape index (κ3) is 3.56. The summed E-state index contributed by atoms with van der Waals surface area (Å²) < 4.78 is 34.0. The molecule has 0 bridgehead atoms. The van der Waals surface area contributed by atoms with Gasteiger partial charge in [0.15, 0.2) is 5.71 Å². The first kappa shape index (κ1) is 14.0. The Morgan fingerprint density at radius 1 is 1.42 bits per heavy atom. The van der Waals surface area contributed by atoms with Gasteiger partial charge >= 0.3 is 16.2 Å². The first-order valence-electron chi connectivity index (χ1n) is 6.53. The predicted octanol–water partition coefficient (Wildman–Crippen LogP) is 1.30. The third-order valence-corrected chi connectivity index (χ3v) is 4.22. The molecule has 2 aliphatic rings. The second-order valence-electron chi connectivity index (χ2n) is 4.71. The maximum atomic E-state index is 11.7. The van der Waals surface area contributed by atoms with E-state index < -0.39 is 16.2 Å². The fourth-order valence-electron chi connectivity index (χ4n) is 2.42. The van der Waals surface area contributed by atoms with Gasteiger partial charge in [-0.25, -0.2) is 4.79 Å². The van der Waals surface area contributed by atoms with Crippen LogP contribution in [0, 0.1) is 5.92 Å². The fraction of sp³-hybridized carbons (Fsp3) is 0.667. The second-order valence-corrected chi connectivity index (χ2v) is 6.05. The molecule has 1 aliphatic carbocycles. The van der Waals surface area contributed by atoms with Crippen LogP contribution in [0.5, 0.6) is 0 Å². The molecule has 1 aliphatic heterocycles. The van der Waals surface area contributed by atoms with Gasteiger partial charge in [-0.05, 0) is 31.8 Å². The summed E-state index contributed by atoms with van der Waals surface area (Å²) in [6.07, 6.45) is 6.71. The van der Waals surface area contributed by atoms with Crippen LogP contribution in [0.25, 0.3) is 0 Å². The number of carbonyl (C=O) groups excluding carboxylic acids is 1. The molecular formula is C12H18N2O4S. The van der Waals surface area contributed by atoms with Crippen molar-refractivity contribution in [1.82, 2.24) is 4.72 Å². The molecule has 2 rings (SSSR count). The molecule has 0 saturated heterocycles. The van der Waals surface area contributed by atoms with Crippen molar-refractivity contribution in [2.24, 2.45) is 10.3 Å². The van der Waals surface area contributed by atoms with E-state index in [0.29, 0.717) is 5.70 Å². The van der Waals surface area contributed by atoms with Crippen LogP contribution in [0.1, 0.15) is 39.0 Å². The molecule has 0 atom stereocenters. The van der Waals surface area contributed by atoms with E-state index >= 15 is 0 Å². The summed E-state index contributed by atoms with van der Waals surface area (Å²) in [5.41, 5.74) is 0.430. The highest BCUT2D eigenvalue weighted by Gasteiger charge is 2.28. The summed E-state index contributed by atoms with van der Waals surface area (Å²) in [5.74, 6) is -0.538. The van der Waals surface area contributed by atoms with Gasteiger partial charge in [0.05, 0.1) is 6.61 Å². The minimum absolute atomic E-state index is 0.138. The summed E-state index contributed by atoms with van der Waals surface area (Å²) in [6, 6.07) is 0. The number of carbonyl (C=O) groups is 1. The monoisotopic (exact) mass is 286 g/mol. The molecule has 19 heavy (non-hydrogen) atoms. The molecule has 0 aromatic rings. The molecule has 0 unspecified atom stereocenters. The maximum absolute atomic E-state index is 11.7. The molecule has 0 aromatic heterocycles. The number of hydrogen-bond donors (Lipinski definition) is 1. The molecule has 1 heterocycles. The summed E-state index contributed by atoms with van der Waals surface area (Å²) >= 11 is 0. The lowest BCUT2D eigenvalue weighted by Crippen LogP contribution is -2.34. The van der Waals surface area contributed by atoms with Gasteiger partial charge in [0.25, 0.3) is 0 Å². The Bertz CT molecular complexity index is 516. The van der Waals surface area contributed by atoms with E-state index in [0.717, 1.165) is 25.7 Å². The molecule has 6 nitrogen and oxygen atoms in total. The molecule has 0 amide bonds. The molecular weight excluding hydrogens is 268 g/mol. The fourth-order valence-corrected chi connectivity index (χ4v) is 3.38. The SMILES string of the molecule is CCOC(=O)C1=NS(=O)(=O)NC(C2CCCCC2)=C1. The highest BCUT2D eigenvalue weighted by molar-refractivity contribution is 7.88. The van der Waals surface area contributed by atoms with E-state index in [1.54, 1.807) is 6.92 Å². The Kier molecular flexibility index (Phi) is 4.24. The number of nitrogens with zero attached hydrogens (tertiary/aromatic N) is 1. The minimum Gasteiger partial charge on any atom is -0.461 e. The zero-order valence-electron chi connectivity index (χ0n) is 10.9. The van der Waals surface area contributed by atoms with Crippen LogP contribution < -0.4 is 4.72 Å². The van der Waals surface area contributed by atoms with E-state index in [1.165, 1.54) is 12.5 Å². The predicted molar refractivity (Wildman–Crippen MR) is 70.8 cm³/mol. The van der Waals surface area contributed by atoms with Gasteiger partial charge in [0, 0.05) is 5.70 Å². The van der Waals surface area contributed by atoms with Gasteiger partial charge in [0.2, 0.25) is 0 Å². The minimum atomic E-state index is -3.82. The van der Waals surface area contributed by atoms with Crippen molar-refractivity contribution in [2.75, 3.05) is 6.61 Å². The Morgan fingerprint density at radius 2 is 2.11 bits per heavy atom. The van der Waals surface area contributed by atoms with Crippen LogP contribution in [0.4, 0.5) is 0 Å². The number of allylic oxidation sites excluding steroid dienone is 1. The van der Waals surface area contributed by atoms with Crippen molar-refractivity contribution >= 4 is 21.9 Å². The summed E-state index contributed by atoms with van der Waals surface area (Å²) in [4.78, 5) is 11.6. The Hall–Kier alpha value is -1.37. The standard InChI is InChI=1S/C12H18N2O4S/c1-2-18-12(15)11-8-10(13-19(16,17)14-11)9-6-4-3-5-7-9/h8-9,13H,2-7H2,1H3. The van der Waals surface area contributed by atoms with Crippen molar-refractivity contribution in [3.63, 3.8) is 0 Å². The van der Waals surface area contributed by atoms with Crippen molar-refractivity contribution in [3.8, 4) is 0 Å². The van der Waals surface area contributed by atoms with Gasteiger partial charge in [0.1, 0.15) is 0 Å². The van der Waals surface area contributed by atoms with Crippen LogP contribution in [0.15, 0.2) is 16.2 Å². The topological polar surface area (TPSA) is 84.8 Å². The smallest absolute Gasteiger partial charge is 0.357 e. The van der Waals surface area contributed by atoms with Crippen molar-refractivity contribution in [1.29, 1.82) is 0 Å². The van der Waals surface area contributed by atoms with Crippen LogP contribution in [0.3, 0.4) is 0 Å². The summed E-state index contributed by atoms with van der Waals surface area (Å²) in [5, 5.41) is 0. The second kappa shape index (κ2) is 5.73. The number of ether oxygens (including phenoxy) is 1. The zero-order valence-corrected chi connectivity index (χ0v) is 11.7. The van der Waals surface area contributed by atoms with Crippen LogP contribution in [0.2, 0.25) is 0 Å². The van der Waals surface area contributed by atoms with Gasteiger partial charge in [-0.15, -0.1) is 4.40 Å². The quantitative estimate of drug-likeness (QED) is 0.792. The normalized spacial score (nSPS) is 23.0. The average Bonchev–Trinajstić information content (AvgIpc) is 2.38. The van der Waals surface area contributed by atoms with E-state index in [9.17, 15) is 13.2 Å². The number of hydrogen-bond acceptors (Lipinski definition) is 4. The molecule has 1 fully saturated rings. The molecule has 1 saturated carbocycles. The van der Waals surface area contributed by atoms with Crippen LogP contribution in [-0.2, 0) is 19.7 Å². The summed E-state index contributed by atoms with van der Waals surface area (Å²) in [6.45, 7) is 1.86. The molecule has 1 N–H and O–H groups in total. The largest absolute Gasteiger partial charge is 0.461 e. The third-order valence-electron chi connectivity index (χ3n) is 3.29. The van der Waals surface area contributed by atoms with E-state index in [-0.39, 0.29) is 18.2 Å². The van der Waals surface area contributed by atoms with Crippen molar-refractivity contribution < 1.29 is 17.9 Å². The molecule has 7 heteroatoms. The Morgan fingerprint density at radius 3 is 2.74 bits per heavy atom. The zero-order chi connectivity index (χ0) is 13.9. The Balaban J connectivity index is 2.24. The van der Waals surface area contributed by atoms with Crippen LogP contribution >= 0.6 is 0 Å². The Labute approximate surface area is 113 Å². The molecule has 0 spiro atoms. The number of rotatable bonds is 3. The summed E-state index contributed by atoms with van der Waals surface area (Å²) in [7, 11) is -3.82. The number of nitrogens with one attached hydrogen (secondary N) is 1. The average molecular weight is 286 g/mol. The van der Waals surface area contributed by atoms with Gasteiger partial charge in [-0.2, -0.15) is 8.42 Å². The molecule has 106 valence electrons. The van der Waals surface area contributed by atoms with Gasteiger partial charge in [-0.1, -0.05) is 19.3 Å². The lowest BCUT2D eigenvalue weighted by molar-refractivity contribution is -0.134. The van der Waals surface area contributed by atoms with Crippen molar-refractivity contribution in [3.05, 3.63) is 11.8 Å². The highest BCUT2D eigenvalue weighted by Crippen LogP contribution is 2.30. The lowest BCUT2D eigenvalue weighted by Gasteiger charge is -2.26. The van der Waals surface area contributed by atoms with Crippen LogP contribution in [-0.4, -0.2) is 26.7 Å². The molecule has 0 radical (unpaired) electrons. The first-order chi connectivity index (χ1) is 9.02. The lowest BCUT2D eigenvalue weighted by atomic mass is 9.86. The number of esters is 1. The maximum Gasteiger partial charge on any atom is 0.357 e. The van der Waals surface area contributed by atoms with E-state index in [2.05, 4.69) is 9.12 Å². The van der Waals surface area contributed by atoms with Gasteiger partial charge < -0.3 is 4.74 Å². The molecule has 0 aromatic carbocycles. The highest BCUT2D eigenvalue weighted by atomic mass is 32.2.